The van der Waals surface area contributed by atoms with Crippen molar-refractivity contribution >= 4 is 38.4 Å². The third-order valence-corrected chi connectivity index (χ3v) is 6.33. The molecule has 148 valence electrons. The number of sulfonamides is 1. The minimum atomic E-state index is -4.05. The van der Waals surface area contributed by atoms with Crippen molar-refractivity contribution in [2.45, 2.75) is 24.7 Å². The number of anilines is 1. The molecule has 0 spiro atoms. The number of nitrogens with one attached hydrogen (secondary N) is 1. The highest BCUT2D eigenvalue weighted by Gasteiger charge is 2.24. The predicted octanol–water partition coefficient (Wildman–Crippen LogP) is 3.27. The van der Waals surface area contributed by atoms with Crippen LogP contribution in [0.5, 0.6) is 11.5 Å². The number of oxazole rings is 1. The van der Waals surface area contributed by atoms with Crippen LogP contribution in [0.3, 0.4) is 0 Å². The van der Waals surface area contributed by atoms with Gasteiger partial charge in [-0.05, 0) is 24.1 Å². The summed E-state index contributed by atoms with van der Waals surface area (Å²) < 4.78 is 45.7. The first-order valence-corrected chi connectivity index (χ1v) is 10.4. The second-order valence-electron chi connectivity index (χ2n) is 6.40. The van der Waals surface area contributed by atoms with Crippen molar-refractivity contribution in [1.29, 1.82) is 0 Å². The van der Waals surface area contributed by atoms with Gasteiger partial charge in [0.05, 0.1) is 16.2 Å². The maximum atomic E-state index is 13.0. The zero-order valence-corrected chi connectivity index (χ0v) is 16.7. The van der Waals surface area contributed by atoms with Crippen LogP contribution in [0.4, 0.5) is 5.69 Å². The molecule has 0 saturated heterocycles. The van der Waals surface area contributed by atoms with E-state index in [2.05, 4.69) is 4.72 Å². The molecule has 1 aliphatic rings. The molecular formula is C18H17ClN2O6S. The van der Waals surface area contributed by atoms with Gasteiger partial charge in [-0.25, -0.2) is 13.2 Å². The maximum absolute atomic E-state index is 13.0. The predicted molar refractivity (Wildman–Crippen MR) is 104 cm³/mol. The van der Waals surface area contributed by atoms with Crippen LogP contribution < -0.4 is 20.0 Å². The Balaban J connectivity index is 1.79. The number of hydrogen-bond donors (Lipinski definition) is 1. The summed E-state index contributed by atoms with van der Waals surface area (Å²) >= 11 is 6.21. The molecule has 3 aromatic rings. The highest BCUT2D eigenvalue weighted by Crippen LogP contribution is 2.39. The number of aromatic nitrogens is 1. The van der Waals surface area contributed by atoms with E-state index in [1.807, 2.05) is 6.92 Å². The summed E-state index contributed by atoms with van der Waals surface area (Å²) in [7, 11) is -2.53. The topological polar surface area (TPSA) is 99.8 Å². The molecule has 2 aromatic carbocycles. The fourth-order valence-electron chi connectivity index (χ4n) is 3.09. The number of rotatable bonds is 5. The van der Waals surface area contributed by atoms with Crippen LogP contribution in [-0.4, -0.2) is 19.8 Å². The third-order valence-electron chi connectivity index (χ3n) is 4.50. The molecule has 0 unspecified atom stereocenters. The smallest absolute Gasteiger partial charge is 0.419 e. The molecule has 0 atom stereocenters. The SMILES string of the molecule is CCCc1cc2c(cc1NS(=O)(=O)c1cc3oc(=O)n(C)c3cc1Cl)OCO2. The van der Waals surface area contributed by atoms with E-state index in [0.717, 1.165) is 12.0 Å². The van der Waals surface area contributed by atoms with E-state index in [1.54, 1.807) is 12.1 Å². The van der Waals surface area contributed by atoms with Gasteiger partial charge in [-0.15, -0.1) is 0 Å². The normalized spacial score (nSPS) is 13.2. The van der Waals surface area contributed by atoms with Crippen molar-refractivity contribution in [2.24, 2.45) is 7.05 Å². The third kappa shape index (κ3) is 3.10. The molecule has 1 aromatic heterocycles. The largest absolute Gasteiger partial charge is 0.454 e. The Bertz CT molecular complexity index is 1250. The molecule has 2 heterocycles. The highest BCUT2D eigenvalue weighted by molar-refractivity contribution is 7.92. The molecule has 1 N–H and O–H groups in total. The minimum Gasteiger partial charge on any atom is -0.454 e. The van der Waals surface area contributed by atoms with Gasteiger partial charge in [0, 0.05) is 19.2 Å². The molecule has 28 heavy (non-hydrogen) atoms. The fraction of sp³-hybridized carbons (Fsp3) is 0.278. The van der Waals surface area contributed by atoms with Gasteiger partial charge in [-0.1, -0.05) is 24.9 Å². The number of halogens is 1. The van der Waals surface area contributed by atoms with Crippen molar-refractivity contribution in [3.8, 4) is 11.5 Å². The summed E-state index contributed by atoms with van der Waals surface area (Å²) in [4.78, 5) is 11.5. The summed E-state index contributed by atoms with van der Waals surface area (Å²) in [5.41, 5.74) is 1.70. The maximum Gasteiger partial charge on any atom is 0.419 e. The average molecular weight is 425 g/mol. The van der Waals surface area contributed by atoms with Gasteiger partial charge < -0.3 is 13.9 Å². The van der Waals surface area contributed by atoms with E-state index in [-0.39, 0.29) is 22.3 Å². The van der Waals surface area contributed by atoms with Crippen molar-refractivity contribution in [3.63, 3.8) is 0 Å². The first kappa shape index (κ1) is 18.7. The number of benzene rings is 2. The van der Waals surface area contributed by atoms with Crippen LogP contribution >= 0.6 is 11.6 Å². The Morgan fingerprint density at radius 3 is 2.61 bits per heavy atom. The summed E-state index contributed by atoms with van der Waals surface area (Å²) in [6.07, 6.45) is 1.46. The average Bonchev–Trinajstić information content (AvgIpc) is 3.19. The zero-order chi connectivity index (χ0) is 20.1. The molecular weight excluding hydrogens is 408 g/mol. The van der Waals surface area contributed by atoms with E-state index in [9.17, 15) is 13.2 Å². The van der Waals surface area contributed by atoms with Crippen LogP contribution in [0.2, 0.25) is 5.02 Å². The van der Waals surface area contributed by atoms with E-state index >= 15 is 0 Å². The fourth-order valence-corrected chi connectivity index (χ4v) is 4.72. The lowest BCUT2D eigenvalue weighted by Crippen LogP contribution is -2.15. The van der Waals surface area contributed by atoms with Crippen LogP contribution in [0.1, 0.15) is 18.9 Å². The second-order valence-corrected chi connectivity index (χ2v) is 8.45. The van der Waals surface area contributed by atoms with Gasteiger partial charge in [-0.3, -0.25) is 9.29 Å². The molecule has 0 fully saturated rings. The Kier molecular flexibility index (Phi) is 4.51. The molecule has 10 heteroatoms. The lowest BCUT2D eigenvalue weighted by molar-refractivity contribution is 0.174. The van der Waals surface area contributed by atoms with E-state index < -0.39 is 15.8 Å². The Labute approximate surface area is 165 Å². The van der Waals surface area contributed by atoms with E-state index in [0.29, 0.717) is 29.1 Å². The minimum absolute atomic E-state index is 0.0193. The van der Waals surface area contributed by atoms with Gasteiger partial charge in [0.25, 0.3) is 10.0 Å². The van der Waals surface area contributed by atoms with E-state index in [1.165, 1.54) is 23.7 Å². The summed E-state index contributed by atoms with van der Waals surface area (Å²) in [5, 5.41) is -0.0193. The quantitative estimate of drug-likeness (QED) is 0.674. The molecule has 4 rings (SSSR count). The highest BCUT2D eigenvalue weighted by atomic mass is 35.5. The molecule has 1 aliphatic heterocycles. The lowest BCUT2D eigenvalue weighted by atomic mass is 10.1. The number of nitrogens with zero attached hydrogens (tertiary/aromatic N) is 1. The Morgan fingerprint density at radius 1 is 1.18 bits per heavy atom. The number of hydrogen-bond acceptors (Lipinski definition) is 6. The van der Waals surface area contributed by atoms with Crippen LogP contribution in [0.15, 0.2) is 38.4 Å². The van der Waals surface area contributed by atoms with Crippen LogP contribution in [-0.2, 0) is 23.5 Å². The van der Waals surface area contributed by atoms with Crippen molar-refractivity contribution < 1.29 is 22.3 Å². The molecule has 0 amide bonds. The zero-order valence-electron chi connectivity index (χ0n) is 15.1. The van der Waals surface area contributed by atoms with Gasteiger partial charge in [0.1, 0.15) is 4.90 Å². The summed E-state index contributed by atoms with van der Waals surface area (Å²) in [6.45, 7) is 2.08. The van der Waals surface area contributed by atoms with Gasteiger partial charge in [-0.2, -0.15) is 0 Å². The molecule has 0 radical (unpaired) electrons. The van der Waals surface area contributed by atoms with Crippen LogP contribution in [0, 0.1) is 0 Å². The second kappa shape index (κ2) is 6.75. The molecule has 8 nitrogen and oxygen atoms in total. The number of fused-ring (bicyclic) bond motifs is 2. The first-order valence-electron chi connectivity index (χ1n) is 8.54. The van der Waals surface area contributed by atoms with E-state index in [4.69, 9.17) is 25.5 Å². The Hall–Kier alpha value is -2.65. The molecule has 0 aliphatic carbocycles. The Morgan fingerprint density at radius 2 is 1.89 bits per heavy atom. The lowest BCUT2D eigenvalue weighted by Gasteiger charge is -2.14. The number of aryl methyl sites for hydroxylation is 2. The van der Waals surface area contributed by atoms with Gasteiger partial charge in [0.2, 0.25) is 6.79 Å². The van der Waals surface area contributed by atoms with Crippen molar-refractivity contribution in [1.82, 2.24) is 4.57 Å². The first-order chi connectivity index (χ1) is 13.3. The summed E-state index contributed by atoms with van der Waals surface area (Å²) in [6, 6.07) is 6.00. The van der Waals surface area contributed by atoms with Crippen molar-refractivity contribution in [2.75, 3.05) is 11.5 Å². The summed E-state index contributed by atoms with van der Waals surface area (Å²) in [5.74, 6) is 0.444. The van der Waals surface area contributed by atoms with Crippen molar-refractivity contribution in [3.05, 3.63) is 45.4 Å². The molecule has 0 saturated carbocycles. The van der Waals surface area contributed by atoms with Crippen LogP contribution in [0.25, 0.3) is 11.1 Å². The standard InChI is InChI=1S/C18H17ClN2O6S/c1-3-4-10-5-15-16(26-9-25-15)7-12(10)20-28(23,24)17-8-14-13(6-11(17)19)21(2)18(22)27-14/h5-8,20H,3-4,9H2,1-2H3. The monoisotopic (exact) mass is 424 g/mol. The molecule has 0 bridgehead atoms. The van der Waals surface area contributed by atoms with Gasteiger partial charge in [0.15, 0.2) is 17.1 Å². The number of ether oxygens (including phenoxy) is 2. The van der Waals surface area contributed by atoms with Gasteiger partial charge >= 0.3 is 5.76 Å².